The van der Waals surface area contributed by atoms with Crippen LogP contribution in [0.4, 0.5) is 5.69 Å². The summed E-state index contributed by atoms with van der Waals surface area (Å²) in [6, 6.07) is 7.44. The monoisotopic (exact) mass is 244 g/mol. The fourth-order valence-electron chi connectivity index (χ4n) is 1.72. The molecule has 17 heavy (non-hydrogen) atoms. The number of anilines is 1. The molecule has 0 amide bonds. The van der Waals surface area contributed by atoms with Gasteiger partial charge < -0.3 is 10.7 Å². The fraction of sp³-hybridized carbons (Fsp3) is 0. The number of pyridine rings is 1. The number of nitrogens with two attached hydrogens (primary N) is 1. The van der Waals surface area contributed by atoms with Crippen molar-refractivity contribution in [3.8, 4) is 11.4 Å². The molecule has 2 aromatic heterocycles. The molecule has 0 radical (unpaired) electrons. The van der Waals surface area contributed by atoms with Gasteiger partial charge in [-0.25, -0.2) is 4.98 Å². The average molecular weight is 245 g/mol. The smallest absolute Gasteiger partial charge is 0.140 e. The van der Waals surface area contributed by atoms with Crippen molar-refractivity contribution in [3.63, 3.8) is 0 Å². The second-order valence-corrected chi connectivity index (χ2v) is 4.14. The summed E-state index contributed by atoms with van der Waals surface area (Å²) < 4.78 is 0. The van der Waals surface area contributed by atoms with Gasteiger partial charge in [0.05, 0.1) is 16.2 Å². The van der Waals surface area contributed by atoms with Crippen molar-refractivity contribution >= 4 is 28.3 Å². The zero-order valence-electron chi connectivity index (χ0n) is 8.81. The minimum atomic E-state index is 0.606. The molecule has 0 fully saturated rings. The lowest BCUT2D eigenvalue weighted by Crippen LogP contribution is -1.88. The van der Waals surface area contributed by atoms with Gasteiger partial charge in [-0.1, -0.05) is 17.7 Å². The number of aromatic nitrogens is 3. The Balaban J connectivity index is 2.22. The highest BCUT2D eigenvalue weighted by Gasteiger charge is 2.07. The first-order valence-corrected chi connectivity index (χ1v) is 5.47. The lowest BCUT2D eigenvalue weighted by atomic mass is 10.2. The summed E-state index contributed by atoms with van der Waals surface area (Å²) in [5.41, 5.74) is 8.79. The van der Waals surface area contributed by atoms with Crippen molar-refractivity contribution < 1.29 is 0 Å². The van der Waals surface area contributed by atoms with Gasteiger partial charge in [-0.2, -0.15) is 0 Å². The maximum absolute atomic E-state index is 6.07. The number of para-hydroxylation sites is 1. The number of aromatic amines is 1. The van der Waals surface area contributed by atoms with Crippen LogP contribution >= 0.6 is 11.6 Å². The van der Waals surface area contributed by atoms with Crippen LogP contribution < -0.4 is 5.73 Å². The predicted octanol–water partition coefficient (Wildman–Crippen LogP) is 2.86. The van der Waals surface area contributed by atoms with E-state index < -0.39 is 0 Å². The molecule has 0 saturated carbocycles. The first-order chi connectivity index (χ1) is 8.24. The number of halogens is 1. The number of nitrogens with one attached hydrogen (secondary N) is 1. The molecule has 4 nitrogen and oxygen atoms in total. The number of hydrogen-bond acceptors (Lipinski definition) is 3. The van der Waals surface area contributed by atoms with Crippen LogP contribution in [0.3, 0.4) is 0 Å². The summed E-state index contributed by atoms with van der Waals surface area (Å²) in [5, 5.41) is 0.627. The topological polar surface area (TPSA) is 67.6 Å². The summed E-state index contributed by atoms with van der Waals surface area (Å²) in [7, 11) is 0. The highest BCUT2D eigenvalue weighted by molar-refractivity contribution is 6.34. The van der Waals surface area contributed by atoms with Crippen LogP contribution in [-0.2, 0) is 0 Å². The molecule has 1 aromatic carbocycles. The van der Waals surface area contributed by atoms with Crippen LogP contribution in [0.1, 0.15) is 0 Å². The van der Waals surface area contributed by atoms with Crippen LogP contribution in [0.25, 0.3) is 22.4 Å². The van der Waals surface area contributed by atoms with Crippen molar-refractivity contribution in [1.29, 1.82) is 0 Å². The Morgan fingerprint density at radius 2 is 2.12 bits per heavy atom. The fourth-order valence-corrected chi connectivity index (χ4v) is 1.94. The minimum absolute atomic E-state index is 0.606. The average Bonchev–Trinajstić information content (AvgIpc) is 2.74. The Kier molecular flexibility index (Phi) is 2.23. The van der Waals surface area contributed by atoms with E-state index in [0.29, 0.717) is 16.5 Å². The van der Waals surface area contributed by atoms with Crippen molar-refractivity contribution in [2.45, 2.75) is 0 Å². The Morgan fingerprint density at radius 1 is 1.24 bits per heavy atom. The van der Waals surface area contributed by atoms with Gasteiger partial charge in [-0.05, 0) is 18.2 Å². The van der Waals surface area contributed by atoms with E-state index in [1.54, 1.807) is 12.4 Å². The lowest BCUT2D eigenvalue weighted by molar-refractivity contribution is 1.28. The van der Waals surface area contributed by atoms with Gasteiger partial charge in [0.25, 0.3) is 0 Å². The van der Waals surface area contributed by atoms with Crippen molar-refractivity contribution in [1.82, 2.24) is 15.0 Å². The highest BCUT2D eigenvalue weighted by atomic mass is 35.5. The van der Waals surface area contributed by atoms with Gasteiger partial charge in [-0.3, -0.25) is 4.98 Å². The Labute approximate surface area is 102 Å². The van der Waals surface area contributed by atoms with Crippen LogP contribution in [-0.4, -0.2) is 15.0 Å². The molecule has 2 heterocycles. The van der Waals surface area contributed by atoms with Crippen LogP contribution in [0.15, 0.2) is 36.7 Å². The van der Waals surface area contributed by atoms with Gasteiger partial charge in [0, 0.05) is 18.0 Å². The molecule has 0 atom stereocenters. The molecule has 0 saturated heterocycles. The second-order valence-electron chi connectivity index (χ2n) is 3.73. The quantitative estimate of drug-likeness (QED) is 0.692. The first kappa shape index (κ1) is 10.1. The van der Waals surface area contributed by atoms with E-state index in [2.05, 4.69) is 15.0 Å². The van der Waals surface area contributed by atoms with E-state index in [-0.39, 0.29) is 0 Å². The molecule has 3 N–H and O–H groups in total. The van der Waals surface area contributed by atoms with Gasteiger partial charge in [-0.15, -0.1) is 0 Å². The molecule has 5 heteroatoms. The van der Waals surface area contributed by atoms with E-state index in [4.69, 9.17) is 17.3 Å². The van der Waals surface area contributed by atoms with Crippen LogP contribution in [0.5, 0.6) is 0 Å². The van der Waals surface area contributed by atoms with Gasteiger partial charge >= 0.3 is 0 Å². The number of imidazole rings is 1. The second kappa shape index (κ2) is 3.75. The zero-order chi connectivity index (χ0) is 11.8. The summed E-state index contributed by atoms with van der Waals surface area (Å²) >= 11 is 6.07. The summed E-state index contributed by atoms with van der Waals surface area (Å²) in [6.07, 6.45) is 3.31. The summed E-state index contributed by atoms with van der Waals surface area (Å²) in [6.45, 7) is 0. The number of benzene rings is 1. The third-order valence-corrected chi connectivity index (χ3v) is 2.80. The molecule has 3 aromatic rings. The first-order valence-electron chi connectivity index (χ1n) is 5.09. The minimum Gasteiger partial charge on any atom is -0.397 e. The molecule has 3 rings (SSSR count). The Hall–Kier alpha value is -2.07. The van der Waals surface area contributed by atoms with Crippen LogP contribution in [0, 0.1) is 0 Å². The summed E-state index contributed by atoms with van der Waals surface area (Å²) in [4.78, 5) is 11.7. The van der Waals surface area contributed by atoms with Gasteiger partial charge in [0.1, 0.15) is 11.3 Å². The Morgan fingerprint density at radius 3 is 2.88 bits per heavy atom. The number of nitrogen functional groups attached to an aromatic ring is 1. The standard InChI is InChI=1S/C12H9ClN4/c13-9-2-1-3-10-11(9)17-12(16-10)7-4-8(14)6-15-5-7/h1-6H,14H2,(H,16,17). The number of hydrogen-bond donors (Lipinski definition) is 2. The largest absolute Gasteiger partial charge is 0.397 e. The number of nitrogens with zero attached hydrogens (tertiary/aromatic N) is 2. The molecule has 0 aliphatic heterocycles. The van der Waals surface area contributed by atoms with Gasteiger partial charge in [0.2, 0.25) is 0 Å². The number of fused-ring (bicyclic) bond motifs is 1. The van der Waals surface area contributed by atoms with Crippen LogP contribution in [0.2, 0.25) is 5.02 Å². The molecule has 84 valence electrons. The van der Waals surface area contributed by atoms with Crippen molar-refractivity contribution in [2.75, 3.05) is 5.73 Å². The van der Waals surface area contributed by atoms with E-state index in [0.717, 1.165) is 16.6 Å². The number of H-pyrrole nitrogens is 1. The predicted molar refractivity (Wildman–Crippen MR) is 68.7 cm³/mol. The molecule has 0 unspecified atom stereocenters. The summed E-state index contributed by atoms with van der Waals surface area (Å²) in [5.74, 6) is 0.716. The SMILES string of the molecule is Nc1cncc(-c2nc3c(Cl)cccc3[nH]2)c1. The molecular formula is C12H9ClN4. The highest BCUT2D eigenvalue weighted by Crippen LogP contribution is 2.25. The molecule has 0 bridgehead atoms. The molecule has 0 spiro atoms. The third-order valence-electron chi connectivity index (χ3n) is 2.50. The van der Waals surface area contributed by atoms with E-state index >= 15 is 0 Å². The number of rotatable bonds is 1. The normalized spacial score (nSPS) is 10.9. The maximum atomic E-state index is 6.07. The van der Waals surface area contributed by atoms with Gasteiger partial charge in [0.15, 0.2) is 0 Å². The maximum Gasteiger partial charge on any atom is 0.140 e. The van der Waals surface area contributed by atoms with E-state index in [1.165, 1.54) is 0 Å². The lowest BCUT2D eigenvalue weighted by Gasteiger charge is -1.96. The molecule has 0 aliphatic rings. The molecule has 0 aliphatic carbocycles. The zero-order valence-corrected chi connectivity index (χ0v) is 9.57. The van der Waals surface area contributed by atoms with E-state index in [1.807, 2.05) is 24.3 Å². The molecular weight excluding hydrogens is 236 g/mol. The Bertz CT molecular complexity index is 690. The van der Waals surface area contributed by atoms with E-state index in [9.17, 15) is 0 Å². The third kappa shape index (κ3) is 1.72. The van der Waals surface area contributed by atoms with Crippen molar-refractivity contribution in [2.24, 2.45) is 0 Å². The van der Waals surface area contributed by atoms with Crippen molar-refractivity contribution in [3.05, 3.63) is 41.7 Å².